The number of nitrogens with one attached hydrogen (secondary N) is 4. The molecule has 0 aliphatic carbocycles. The number of carboxylic acid groups (broad SMARTS) is 2. The van der Waals surface area contributed by atoms with Crippen molar-refractivity contribution in [1.82, 2.24) is 20.9 Å². The highest BCUT2D eigenvalue weighted by atomic mass is 16.4. The van der Waals surface area contributed by atoms with Crippen molar-refractivity contribution in [3.63, 3.8) is 0 Å². The molecule has 0 bridgehead atoms. The SMILES string of the molecule is C=CC1=C(C)[C@@H](Cc2[nH]c(CC3=C(CCC(=O)O)C(C)/C(=C\C4NC(=O)[C@H](C)[C@H]4CC)N3)c(CCC(=O)O)c2C)NC1=O. The first-order chi connectivity index (χ1) is 20.4. The monoisotopic (exact) mass is 592 g/mol. The standard InChI is InChI=1S/C33H44N4O6/c1-7-20-19(6)32(42)37-27(20)14-25-18(5)23(10-12-31(40)41)29(35-25)15-28-22(9-11-30(38)39)17(4)24(34-28)13-26-16(3)21(8-2)33(43)36-26/h8,14,18-20,26-27,34-35H,2,7,9-13,15H2,1,3-6H3,(H,36,43)(H,37,42)(H,38,39)(H,40,41)/b25-14+/t18?,19-,20-,26-,27?/m1/s1. The van der Waals surface area contributed by atoms with Crippen LogP contribution in [0, 0.1) is 24.7 Å². The van der Waals surface area contributed by atoms with Gasteiger partial charge in [-0.2, -0.15) is 0 Å². The Kier molecular flexibility index (Phi) is 9.67. The number of aromatic nitrogens is 1. The van der Waals surface area contributed by atoms with Gasteiger partial charge in [-0.05, 0) is 61.0 Å². The number of aromatic amines is 1. The highest BCUT2D eigenvalue weighted by Crippen LogP contribution is 2.37. The molecule has 2 unspecified atom stereocenters. The van der Waals surface area contributed by atoms with E-state index in [1.165, 1.54) is 0 Å². The quantitative estimate of drug-likeness (QED) is 0.203. The number of hydrogen-bond acceptors (Lipinski definition) is 5. The van der Waals surface area contributed by atoms with E-state index < -0.39 is 11.9 Å². The van der Waals surface area contributed by atoms with Crippen molar-refractivity contribution in [2.75, 3.05) is 0 Å². The van der Waals surface area contributed by atoms with Gasteiger partial charge in [0.15, 0.2) is 0 Å². The molecule has 1 saturated heterocycles. The lowest BCUT2D eigenvalue weighted by Gasteiger charge is -2.18. The van der Waals surface area contributed by atoms with Crippen LogP contribution in [-0.4, -0.2) is 51.0 Å². The lowest BCUT2D eigenvalue weighted by molar-refractivity contribution is -0.138. The number of allylic oxidation sites excluding steroid dienone is 2. The Morgan fingerprint density at radius 1 is 1.00 bits per heavy atom. The van der Waals surface area contributed by atoms with E-state index in [-0.39, 0.29) is 54.5 Å². The maximum atomic E-state index is 12.4. The number of H-pyrrole nitrogens is 1. The third kappa shape index (κ3) is 6.63. The first kappa shape index (κ1) is 31.8. The molecule has 10 heteroatoms. The van der Waals surface area contributed by atoms with Gasteiger partial charge in [0, 0.05) is 65.9 Å². The van der Waals surface area contributed by atoms with E-state index in [0.29, 0.717) is 31.3 Å². The molecule has 6 N–H and O–H groups in total. The van der Waals surface area contributed by atoms with Crippen molar-refractivity contribution in [1.29, 1.82) is 0 Å². The van der Waals surface area contributed by atoms with Gasteiger partial charge in [0.2, 0.25) is 5.91 Å². The molecule has 0 radical (unpaired) electrons. The zero-order chi connectivity index (χ0) is 31.6. The van der Waals surface area contributed by atoms with E-state index in [0.717, 1.165) is 51.5 Å². The number of carbonyl (C=O) groups excluding carboxylic acids is 2. The second kappa shape index (κ2) is 13.1. The molecule has 10 nitrogen and oxygen atoms in total. The minimum absolute atomic E-state index is 0.00752. The zero-order valence-corrected chi connectivity index (χ0v) is 25.7. The molecule has 4 rings (SSSR count). The van der Waals surface area contributed by atoms with Crippen molar-refractivity contribution in [2.24, 2.45) is 17.8 Å². The average molecular weight is 593 g/mol. The highest BCUT2D eigenvalue weighted by Gasteiger charge is 2.38. The first-order valence-corrected chi connectivity index (χ1v) is 15.1. The third-order valence-electron chi connectivity index (χ3n) is 9.56. The van der Waals surface area contributed by atoms with Crippen LogP contribution in [0.2, 0.25) is 0 Å². The zero-order valence-electron chi connectivity index (χ0n) is 25.7. The number of aliphatic carboxylic acids is 2. The molecule has 2 amide bonds. The van der Waals surface area contributed by atoms with Crippen LogP contribution in [0.25, 0.3) is 0 Å². The summed E-state index contributed by atoms with van der Waals surface area (Å²) in [7, 11) is 0. The van der Waals surface area contributed by atoms with Gasteiger partial charge in [0.25, 0.3) is 5.91 Å². The number of carbonyl (C=O) groups is 4. The first-order valence-electron chi connectivity index (χ1n) is 15.1. The van der Waals surface area contributed by atoms with Crippen LogP contribution in [0.3, 0.4) is 0 Å². The minimum atomic E-state index is -0.886. The van der Waals surface area contributed by atoms with Crippen molar-refractivity contribution in [2.45, 2.75) is 91.6 Å². The van der Waals surface area contributed by atoms with Crippen molar-refractivity contribution < 1.29 is 29.4 Å². The Bertz CT molecular complexity index is 1430. The van der Waals surface area contributed by atoms with Gasteiger partial charge in [-0.25, -0.2) is 0 Å². The summed E-state index contributed by atoms with van der Waals surface area (Å²) in [6, 6.07) is -0.306. The van der Waals surface area contributed by atoms with Gasteiger partial charge >= 0.3 is 11.9 Å². The molecular weight excluding hydrogens is 548 g/mol. The Hall–Kier alpha value is -4.08. The lowest BCUT2D eigenvalue weighted by atomic mass is 9.87. The molecule has 3 aliphatic rings. The van der Waals surface area contributed by atoms with Crippen LogP contribution in [-0.2, 0) is 38.4 Å². The van der Waals surface area contributed by atoms with Gasteiger partial charge in [0.1, 0.15) is 0 Å². The predicted octanol–water partition coefficient (Wildman–Crippen LogP) is 3.83. The molecule has 3 aliphatic heterocycles. The summed E-state index contributed by atoms with van der Waals surface area (Å²) >= 11 is 0. The molecule has 0 spiro atoms. The highest BCUT2D eigenvalue weighted by molar-refractivity contribution is 6.00. The van der Waals surface area contributed by atoms with Crippen LogP contribution in [0.1, 0.15) is 75.9 Å². The second-order valence-corrected chi connectivity index (χ2v) is 12.0. The molecule has 4 heterocycles. The third-order valence-corrected chi connectivity index (χ3v) is 9.56. The number of carboxylic acids is 2. The predicted molar refractivity (Wildman–Crippen MR) is 163 cm³/mol. The van der Waals surface area contributed by atoms with E-state index in [1.54, 1.807) is 6.08 Å². The fraction of sp³-hybridized carbons (Fsp3) is 0.515. The van der Waals surface area contributed by atoms with E-state index in [2.05, 4.69) is 47.4 Å². The molecule has 5 atom stereocenters. The summed E-state index contributed by atoms with van der Waals surface area (Å²) in [6.45, 7) is 13.7. The summed E-state index contributed by atoms with van der Waals surface area (Å²) in [5.74, 6) is -1.83. The van der Waals surface area contributed by atoms with Gasteiger partial charge in [-0.3, -0.25) is 19.2 Å². The number of amides is 2. The largest absolute Gasteiger partial charge is 0.481 e. The topological polar surface area (TPSA) is 161 Å². The summed E-state index contributed by atoms with van der Waals surface area (Å²) in [4.78, 5) is 51.4. The van der Waals surface area contributed by atoms with E-state index in [4.69, 9.17) is 0 Å². The van der Waals surface area contributed by atoms with Crippen LogP contribution in [0.15, 0.2) is 46.8 Å². The summed E-state index contributed by atoms with van der Waals surface area (Å²) < 4.78 is 0. The number of hydrogen-bond donors (Lipinski definition) is 6. The van der Waals surface area contributed by atoms with E-state index >= 15 is 0 Å². The number of rotatable bonds is 13. The van der Waals surface area contributed by atoms with E-state index in [9.17, 15) is 29.4 Å². The Labute approximate surface area is 252 Å². The Morgan fingerprint density at radius 3 is 2.28 bits per heavy atom. The fourth-order valence-corrected chi connectivity index (χ4v) is 6.87. The van der Waals surface area contributed by atoms with Crippen molar-refractivity contribution in [3.05, 3.63) is 69.4 Å². The summed E-state index contributed by atoms with van der Waals surface area (Å²) in [6.07, 6.45) is 6.17. The van der Waals surface area contributed by atoms with Crippen LogP contribution in [0.4, 0.5) is 0 Å². The van der Waals surface area contributed by atoms with Crippen LogP contribution in [0.5, 0.6) is 0 Å². The fourth-order valence-electron chi connectivity index (χ4n) is 6.87. The van der Waals surface area contributed by atoms with Gasteiger partial charge in [0.05, 0.1) is 12.1 Å². The van der Waals surface area contributed by atoms with Gasteiger partial charge in [-0.1, -0.05) is 39.8 Å². The molecule has 232 valence electrons. The van der Waals surface area contributed by atoms with Gasteiger partial charge in [-0.15, -0.1) is 0 Å². The molecule has 1 fully saturated rings. The molecular formula is C33H44N4O6. The molecule has 1 aromatic heterocycles. The smallest absolute Gasteiger partial charge is 0.303 e. The van der Waals surface area contributed by atoms with Crippen LogP contribution < -0.4 is 16.0 Å². The maximum absolute atomic E-state index is 12.4. The maximum Gasteiger partial charge on any atom is 0.303 e. The van der Waals surface area contributed by atoms with Gasteiger partial charge < -0.3 is 31.1 Å². The molecule has 0 saturated carbocycles. The van der Waals surface area contributed by atoms with Crippen molar-refractivity contribution >= 4 is 23.8 Å². The lowest BCUT2D eigenvalue weighted by Crippen LogP contribution is -2.30. The summed E-state index contributed by atoms with van der Waals surface area (Å²) in [5, 5.41) is 28.6. The molecule has 1 aromatic rings. The Morgan fingerprint density at radius 2 is 1.67 bits per heavy atom. The van der Waals surface area contributed by atoms with Crippen molar-refractivity contribution in [3.8, 4) is 0 Å². The van der Waals surface area contributed by atoms with E-state index in [1.807, 2.05) is 20.8 Å². The Balaban J connectivity index is 1.67. The second-order valence-electron chi connectivity index (χ2n) is 12.0. The molecule has 0 aromatic carbocycles. The minimum Gasteiger partial charge on any atom is -0.481 e. The summed E-state index contributed by atoms with van der Waals surface area (Å²) in [5.41, 5.74) is 8.02. The molecule has 43 heavy (non-hydrogen) atoms. The van der Waals surface area contributed by atoms with Crippen LogP contribution >= 0.6 is 0 Å². The average Bonchev–Trinajstić information content (AvgIpc) is 3.59. The normalized spacial score (nSPS) is 26.3.